The van der Waals surface area contributed by atoms with Crippen molar-refractivity contribution in [2.45, 2.75) is 39.7 Å². The predicted molar refractivity (Wildman–Crippen MR) is 77.1 cm³/mol. The van der Waals surface area contributed by atoms with Crippen LogP contribution in [-0.2, 0) is 17.8 Å². The first-order valence-electron chi connectivity index (χ1n) is 6.81. The van der Waals surface area contributed by atoms with Crippen molar-refractivity contribution in [2.75, 3.05) is 0 Å². The van der Waals surface area contributed by atoms with Crippen LogP contribution in [-0.4, -0.2) is 21.1 Å². The summed E-state index contributed by atoms with van der Waals surface area (Å²) in [6.45, 7) is 4.55. The summed E-state index contributed by atoms with van der Waals surface area (Å²) >= 11 is 0. The Bertz CT molecular complexity index is 563. The number of hydrogen-bond donors (Lipinski definition) is 2. The van der Waals surface area contributed by atoms with Gasteiger partial charge in [0.05, 0.1) is 6.20 Å². The molecule has 0 bridgehead atoms. The van der Waals surface area contributed by atoms with Crippen molar-refractivity contribution in [3.8, 4) is 0 Å². The van der Waals surface area contributed by atoms with Crippen LogP contribution < -0.4 is 5.32 Å². The van der Waals surface area contributed by atoms with Gasteiger partial charge in [0.25, 0.3) is 0 Å². The SMILES string of the molecule is Cc1cc(C)c(CNC(=O)CCCc2cn[nH]c2)cn1. The minimum Gasteiger partial charge on any atom is -0.352 e. The molecule has 20 heavy (non-hydrogen) atoms. The third-order valence-electron chi connectivity index (χ3n) is 3.26. The highest BCUT2D eigenvalue weighted by Crippen LogP contribution is 2.08. The number of rotatable bonds is 6. The molecule has 0 aliphatic carbocycles. The third-order valence-corrected chi connectivity index (χ3v) is 3.26. The number of pyridine rings is 1. The van der Waals surface area contributed by atoms with Crippen LogP contribution in [0.1, 0.15) is 35.2 Å². The Hall–Kier alpha value is -2.17. The molecule has 2 N–H and O–H groups in total. The minimum atomic E-state index is 0.0773. The first-order valence-corrected chi connectivity index (χ1v) is 6.81. The smallest absolute Gasteiger partial charge is 0.220 e. The molecule has 0 aliphatic heterocycles. The lowest BCUT2D eigenvalue weighted by molar-refractivity contribution is -0.121. The lowest BCUT2D eigenvalue weighted by Crippen LogP contribution is -2.23. The van der Waals surface area contributed by atoms with Gasteiger partial charge >= 0.3 is 0 Å². The second-order valence-corrected chi connectivity index (χ2v) is 4.99. The number of aromatic nitrogens is 3. The van der Waals surface area contributed by atoms with Crippen molar-refractivity contribution in [3.05, 3.63) is 47.0 Å². The van der Waals surface area contributed by atoms with E-state index in [0.29, 0.717) is 13.0 Å². The summed E-state index contributed by atoms with van der Waals surface area (Å²) in [5.74, 6) is 0.0773. The number of hydrogen-bond acceptors (Lipinski definition) is 3. The van der Waals surface area contributed by atoms with Crippen LogP contribution in [0.4, 0.5) is 0 Å². The highest BCUT2D eigenvalue weighted by atomic mass is 16.1. The summed E-state index contributed by atoms with van der Waals surface area (Å²) in [7, 11) is 0. The van der Waals surface area contributed by atoms with Crippen molar-refractivity contribution in [1.82, 2.24) is 20.5 Å². The second-order valence-electron chi connectivity index (χ2n) is 4.99. The van der Waals surface area contributed by atoms with E-state index in [-0.39, 0.29) is 5.91 Å². The first-order chi connectivity index (χ1) is 9.65. The van der Waals surface area contributed by atoms with E-state index in [1.54, 1.807) is 6.20 Å². The standard InChI is InChI=1S/C15H20N4O/c1-11-6-12(2)16-9-14(11)10-17-15(20)5-3-4-13-7-18-19-8-13/h6-9H,3-5,10H2,1-2H3,(H,17,20)(H,18,19). The molecule has 0 saturated heterocycles. The molecule has 0 unspecified atom stereocenters. The lowest BCUT2D eigenvalue weighted by atomic mass is 10.1. The number of carbonyl (C=O) groups excluding carboxylic acids is 1. The second kappa shape index (κ2) is 6.84. The van der Waals surface area contributed by atoms with Crippen LogP contribution in [0, 0.1) is 13.8 Å². The molecule has 106 valence electrons. The number of aromatic amines is 1. The van der Waals surface area contributed by atoms with Gasteiger partial charge in [-0.05, 0) is 49.4 Å². The highest BCUT2D eigenvalue weighted by molar-refractivity contribution is 5.75. The molecule has 2 heterocycles. The van der Waals surface area contributed by atoms with Gasteiger partial charge in [-0.1, -0.05) is 0 Å². The number of carbonyl (C=O) groups is 1. The molecule has 0 aromatic carbocycles. The summed E-state index contributed by atoms with van der Waals surface area (Å²) in [5.41, 5.74) is 4.36. The maximum atomic E-state index is 11.8. The van der Waals surface area contributed by atoms with Crippen LogP contribution in [0.25, 0.3) is 0 Å². The van der Waals surface area contributed by atoms with E-state index in [1.807, 2.05) is 32.3 Å². The summed E-state index contributed by atoms with van der Waals surface area (Å²) in [4.78, 5) is 16.0. The lowest BCUT2D eigenvalue weighted by Gasteiger charge is -2.08. The zero-order chi connectivity index (χ0) is 14.4. The molecular weight excluding hydrogens is 252 g/mol. The summed E-state index contributed by atoms with van der Waals surface area (Å²) in [5, 5.41) is 9.58. The Morgan fingerprint density at radius 1 is 1.35 bits per heavy atom. The quantitative estimate of drug-likeness (QED) is 0.845. The normalized spacial score (nSPS) is 10.5. The molecule has 0 spiro atoms. The molecular formula is C15H20N4O. The Kier molecular flexibility index (Phi) is 4.87. The van der Waals surface area contributed by atoms with E-state index in [4.69, 9.17) is 0 Å². The van der Waals surface area contributed by atoms with Crippen LogP contribution in [0.5, 0.6) is 0 Å². The number of H-pyrrole nitrogens is 1. The monoisotopic (exact) mass is 272 g/mol. The van der Waals surface area contributed by atoms with E-state index in [2.05, 4.69) is 20.5 Å². The Morgan fingerprint density at radius 3 is 2.90 bits per heavy atom. The summed E-state index contributed by atoms with van der Waals surface area (Å²) < 4.78 is 0. The van der Waals surface area contributed by atoms with E-state index in [0.717, 1.165) is 35.2 Å². The van der Waals surface area contributed by atoms with Gasteiger partial charge in [0.2, 0.25) is 5.91 Å². The number of aryl methyl sites for hydroxylation is 3. The molecule has 1 amide bonds. The summed E-state index contributed by atoms with van der Waals surface area (Å²) in [6, 6.07) is 2.03. The molecule has 2 aromatic heterocycles. The Morgan fingerprint density at radius 2 is 2.20 bits per heavy atom. The van der Waals surface area contributed by atoms with Gasteiger partial charge in [-0.25, -0.2) is 0 Å². The van der Waals surface area contributed by atoms with Crippen molar-refractivity contribution in [3.63, 3.8) is 0 Å². The fraction of sp³-hybridized carbons (Fsp3) is 0.400. The average molecular weight is 272 g/mol. The maximum absolute atomic E-state index is 11.8. The fourth-order valence-electron chi connectivity index (χ4n) is 2.06. The Labute approximate surface area is 118 Å². The zero-order valence-corrected chi connectivity index (χ0v) is 11.9. The first kappa shape index (κ1) is 14.2. The molecule has 2 aromatic rings. The molecule has 0 aliphatic rings. The average Bonchev–Trinajstić information content (AvgIpc) is 2.91. The number of nitrogens with zero attached hydrogens (tertiary/aromatic N) is 2. The van der Waals surface area contributed by atoms with Crippen molar-refractivity contribution >= 4 is 5.91 Å². The molecule has 5 nitrogen and oxygen atoms in total. The molecule has 5 heteroatoms. The van der Waals surface area contributed by atoms with Gasteiger partial charge in [-0.2, -0.15) is 5.10 Å². The van der Waals surface area contributed by atoms with Crippen molar-refractivity contribution in [1.29, 1.82) is 0 Å². The van der Waals surface area contributed by atoms with Crippen LogP contribution in [0.15, 0.2) is 24.7 Å². The predicted octanol–water partition coefficient (Wildman–Crippen LogP) is 2.06. The highest BCUT2D eigenvalue weighted by Gasteiger charge is 2.04. The van der Waals surface area contributed by atoms with Gasteiger partial charge in [-0.15, -0.1) is 0 Å². The van der Waals surface area contributed by atoms with Gasteiger partial charge in [0.1, 0.15) is 0 Å². The zero-order valence-electron chi connectivity index (χ0n) is 11.9. The minimum absolute atomic E-state index is 0.0773. The molecule has 0 saturated carbocycles. The van der Waals surface area contributed by atoms with E-state index in [9.17, 15) is 4.79 Å². The van der Waals surface area contributed by atoms with E-state index in [1.165, 1.54) is 0 Å². The molecule has 0 radical (unpaired) electrons. The van der Waals surface area contributed by atoms with Crippen LogP contribution in [0.2, 0.25) is 0 Å². The van der Waals surface area contributed by atoms with Gasteiger partial charge in [0.15, 0.2) is 0 Å². The van der Waals surface area contributed by atoms with Crippen LogP contribution >= 0.6 is 0 Å². The fourth-order valence-corrected chi connectivity index (χ4v) is 2.06. The van der Waals surface area contributed by atoms with Gasteiger partial charge in [0, 0.05) is 31.1 Å². The third kappa shape index (κ3) is 4.19. The largest absolute Gasteiger partial charge is 0.352 e. The van der Waals surface area contributed by atoms with Crippen molar-refractivity contribution in [2.24, 2.45) is 0 Å². The molecule has 2 rings (SSSR count). The number of nitrogens with one attached hydrogen (secondary N) is 2. The van der Waals surface area contributed by atoms with Gasteiger partial charge < -0.3 is 5.32 Å². The number of amides is 1. The van der Waals surface area contributed by atoms with Crippen molar-refractivity contribution < 1.29 is 4.79 Å². The Balaban J connectivity index is 1.72. The molecule has 0 fully saturated rings. The van der Waals surface area contributed by atoms with Gasteiger partial charge in [-0.3, -0.25) is 14.9 Å². The molecule has 0 atom stereocenters. The van der Waals surface area contributed by atoms with Crippen LogP contribution in [0.3, 0.4) is 0 Å². The maximum Gasteiger partial charge on any atom is 0.220 e. The van der Waals surface area contributed by atoms with E-state index >= 15 is 0 Å². The summed E-state index contributed by atoms with van der Waals surface area (Å²) in [6.07, 6.45) is 7.71. The van der Waals surface area contributed by atoms with E-state index < -0.39 is 0 Å². The topological polar surface area (TPSA) is 70.7 Å².